The number of aromatic nitrogens is 1. The second kappa shape index (κ2) is 4.83. The van der Waals surface area contributed by atoms with E-state index < -0.39 is 0 Å². The Morgan fingerprint density at radius 2 is 2.06 bits per heavy atom. The summed E-state index contributed by atoms with van der Waals surface area (Å²) in [6.07, 6.45) is 2.06. The summed E-state index contributed by atoms with van der Waals surface area (Å²) in [6, 6.07) is 6.15. The average molecular weight is 296 g/mol. The number of hydrogen-bond acceptors (Lipinski definition) is 1. The van der Waals surface area contributed by atoms with Gasteiger partial charge in [-0.05, 0) is 46.5 Å². The molecule has 2 aromatic rings. The summed E-state index contributed by atoms with van der Waals surface area (Å²) in [5.41, 5.74) is 3.60. The summed E-state index contributed by atoms with van der Waals surface area (Å²) in [5.74, 6) is 0.597. The fraction of sp³-hybridized carbons (Fsp3) is 0.429. The fourth-order valence-electron chi connectivity index (χ4n) is 2.39. The molecule has 1 N–H and O–H groups in total. The van der Waals surface area contributed by atoms with Crippen molar-refractivity contribution in [3.8, 4) is 0 Å². The third kappa shape index (κ3) is 2.02. The molecule has 0 spiro atoms. The molecule has 0 aliphatic rings. The maximum absolute atomic E-state index is 9.61. The van der Waals surface area contributed by atoms with E-state index in [1.807, 2.05) is 12.1 Å². The number of nitrogens with zero attached hydrogens (tertiary/aromatic N) is 1. The summed E-state index contributed by atoms with van der Waals surface area (Å²) < 4.78 is 3.31. The second-order valence-corrected chi connectivity index (χ2v) is 5.61. The molecule has 0 aliphatic carbocycles. The minimum absolute atomic E-state index is 0.177. The van der Waals surface area contributed by atoms with Gasteiger partial charge in [-0.1, -0.05) is 19.9 Å². The Bertz CT molecular complexity index is 530. The Balaban J connectivity index is 2.72. The van der Waals surface area contributed by atoms with Crippen LogP contribution in [0.5, 0.6) is 0 Å². The Labute approximate surface area is 110 Å². The van der Waals surface area contributed by atoms with Crippen molar-refractivity contribution < 1.29 is 5.11 Å². The van der Waals surface area contributed by atoms with Crippen LogP contribution in [0.4, 0.5) is 0 Å². The molecular formula is C14H18BrNO. The van der Waals surface area contributed by atoms with E-state index in [9.17, 15) is 5.11 Å². The Morgan fingerprint density at radius 3 is 2.65 bits per heavy atom. The van der Waals surface area contributed by atoms with Crippen LogP contribution in [0, 0.1) is 12.8 Å². The lowest BCUT2D eigenvalue weighted by Gasteiger charge is -2.19. The normalized spacial score (nSPS) is 13.5. The molecule has 0 fully saturated rings. The average Bonchev–Trinajstić information content (AvgIpc) is 2.56. The number of aliphatic hydroxyl groups excluding tert-OH is 1. The minimum atomic E-state index is 0.177. The van der Waals surface area contributed by atoms with Crippen LogP contribution in [0.2, 0.25) is 0 Å². The van der Waals surface area contributed by atoms with Crippen molar-refractivity contribution in [2.45, 2.75) is 26.7 Å². The first-order valence-electron chi connectivity index (χ1n) is 5.93. The van der Waals surface area contributed by atoms with Crippen molar-refractivity contribution >= 4 is 21.4 Å². The Hall–Kier alpha value is -0.800. The molecule has 2 rings (SSSR count). The van der Waals surface area contributed by atoms with Gasteiger partial charge in [-0.2, -0.15) is 0 Å². The highest BCUT2D eigenvalue weighted by molar-refractivity contribution is 9.10. The molecule has 3 heteroatoms. The number of hydrogen-bond donors (Lipinski definition) is 1. The molecule has 0 saturated carbocycles. The molecule has 0 radical (unpaired) electrons. The maximum Gasteiger partial charge on any atom is 0.0597 e. The summed E-state index contributed by atoms with van der Waals surface area (Å²) in [6.45, 7) is 6.59. The highest BCUT2D eigenvalue weighted by atomic mass is 79.9. The van der Waals surface area contributed by atoms with Crippen molar-refractivity contribution in [2.24, 2.45) is 5.92 Å². The largest absolute Gasteiger partial charge is 0.396 e. The van der Waals surface area contributed by atoms with Crippen molar-refractivity contribution in [2.75, 3.05) is 6.61 Å². The predicted octanol–water partition coefficient (Wildman–Crippen LogP) is 3.74. The van der Waals surface area contributed by atoms with Crippen LogP contribution >= 0.6 is 15.9 Å². The first-order valence-corrected chi connectivity index (χ1v) is 6.73. The van der Waals surface area contributed by atoms with Crippen LogP contribution in [0.25, 0.3) is 5.52 Å². The molecule has 1 unspecified atom stereocenters. The molecule has 0 saturated heterocycles. The predicted molar refractivity (Wildman–Crippen MR) is 74.5 cm³/mol. The van der Waals surface area contributed by atoms with Crippen LogP contribution in [-0.2, 0) is 0 Å². The summed E-state index contributed by atoms with van der Waals surface area (Å²) in [5, 5.41) is 9.61. The smallest absolute Gasteiger partial charge is 0.0597 e. The van der Waals surface area contributed by atoms with Gasteiger partial charge in [0.25, 0.3) is 0 Å². The van der Waals surface area contributed by atoms with Gasteiger partial charge in [-0.25, -0.2) is 0 Å². The highest BCUT2D eigenvalue weighted by Crippen LogP contribution is 2.35. The standard InChI is InChI=1S/C14H18BrNO/c1-9(2)11(8-17)14-10(3)13(15)12-6-4-5-7-16(12)14/h4-7,9,11,17H,8H2,1-3H3. The molecule has 92 valence electrons. The van der Waals surface area contributed by atoms with Gasteiger partial charge >= 0.3 is 0 Å². The molecule has 0 aliphatic heterocycles. The summed E-state index contributed by atoms with van der Waals surface area (Å²) in [7, 11) is 0. The van der Waals surface area contributed by atoms with E-state index in [0.29, 0.717) is 5.92 Å². The van der Waals surface area contributed by atoms with Gasteiger partial charge in [0.15, 0.2) is 0 Å². The zero-order valence-corrected chi connectivity index (χ0v) is 12.0. The minimum Gasteiger partial charge on any atom is -0.396 e. The zero-order chi connectivity index (χ0) is 12.6. The van der Waals surface area contributed by atoms with Gasteiger partial charge in [0.1, 0.15) is 0 Å². The second-order valence-electron chi connectivity index (χ2n) is 4.81. The molecule has 1 atom stereocenters. The highest BCUT2D eigenvalue weighted by Gasteiger charge is 2.23. The van der Waals surface area contributed by atoms with Gasteiger partial charge in [-0.15, -0.1) is 0 Å². The van der Waals surface area contributed by atoms with E-state index in [2.05, 4.69) is 53.4 Å². The summed E-state index contributed by atoms with van der Waals surface area (Å²) >= 11 is 3.65. The monoisotopic (exact) mass is 295 g/mol. The molecular weight excluding hydrogens is 278 g/mol. The number of halogens is 1. The quantitative estimate of drug-likeness (QED) is 0.917. The lowest BCUT2D eigenvalue weighted by molar-refractivity contribution is 0.234. The molecule has 17 heavy (non-hydrogen) atoms. The lowest BCUT2D eigenvalue weighted by atomic mass is 9.91. The number of aliphatic hydroxyl groups is 1. The van der Waals surface area contributed by atoms with Crippen molar-refractivity contribution in [1.29, 1.82) is 0 Å². The topological polar surface area (TPSA) is 24.6 Å². The van der Waals surface area contributed by atoms with Crippen molar-refractivity contribution in [3.05, 3.63) is 40.1 Å². The van der Waals surface area contributed by atoms with Gasteiger partial charge in [0.2, 0.25) is 0 Å². The first kappa shape index (κ1) is 12.7. The fourth-order valence-corrected chi connectivity index (χ4v) is 2.91. The molecule has 2 nitrogen and oxygen atoms in total. The Morgan fingerprint density at radius 1 is 1.35 bits per heavy atom. The van der Waals surface area contributed by atoms with Crippen LogP contribution < -0.4 is 0 Å². The SMILES string of the molecule is Cc1c(Br)c2ccccn2c1C(CO)C(C)C. The number of rotatable bonds is 3. The zero-order valence-electron chi connectivity index (χ0n) is 10.4. The molecule has 0 amide bonds. The van der Waals surface area contributed by atoms with Crippen LogP contribution in [0.3, 0.4) is 0 Å². The molecule has 2 aromatic heterocycles. The van der Waals surface area contributed by atoms with E-state index >= 15 is 0 Å². The van der Waals surface area contributed by atoms with Crippen molar-refractivity contribution in [1.82, 2.24) is 4.40 Å². The number of fused-ring (bicyclic) bond motifs is 1. The van der Waals surface area contributed by atoms with Gasteiger partial charge < -0.3 is 9.51 Å². The van der Waals surface area contributed by atoms with E-state index in [0.717, 1.165) is 4.47 Å². The first-order chi connectivity index (χ1) is 8.07. The number of pyridine rings is 1. The van der Waals surface area contributed by atoms with E-state index in [4.69, 9.17) is 0 Å². The van der Waals surface area contributed by atoms with E-state index in [1.165, 1.54) is 16.8 Å². The third-order valence-corrected chi connectivity index (χ3v) is 4.41. The summed E-state index contributed by atoms with van der Waals surface area (Å²) in [4.78, 5) is 0. The Kier molecular flexibility index (Phi) is 3.59. The van der Waals surface area contributed by atoms with Crippen LogP contribution in [-0.4, -0.2) is 16.1 Å². The van der Waals surface area contributed by atoms with Gasteiger partial charge in [0.05, 0.1) is 12.1 Å². The van der Waals surface area contributed by atoms with Crippen molar-refractivity contribution in [3.63, 3.8) is 0 Å². The van der Waals surface area contributed by atoms with Crippen LogP contribution in [0.1, 0.15) is 31.0 Å². The maximum atomic E-state index is 9.61. The van der Waals surface area contributed by atoms with Gasteiger partial charge in [0, 0.05) is 22.3 Å². The van der Waals surface area contributed by atoms with Crippen LogP contribution in [0.15, 0.2) is 28.9 Å². The molecule has 2 heterocycles. The molecule has 0 aromatic carbocycles. The van der Waals surface area contributed by atoms with E-state index in [1.54, 1.807) is 0 Å². The lowest BCUT2D eigenvalue weighted by Crippen LogP contribution is -2.14. The third-order valence-electron chi connectivity index (χ3n) is 3.41. The molecule has 0 bridgehead atoms. The van der Waals surface area contributed by atoms with E-state index in [-0.39, 0.29) is 12.5 Å². The van der Waals surface area contributed by atoms with Gasteiger partial charge in [-0.3, -0.25) is 0 Å².